The standard InChI is InChI=1S/C17H19FN2O3S/c1-24(22,23)20(16-10-6-5-9-15(16)18)12-11-19-17(21)13-14-7-3-2-4-8-14/h2-10H,11-13H2,1H3,(H,19,21). The van der Waals surface area contributed by atoms with Crippen molar-refractivity contribution < 1.29 is 17.6 Å². The molecule has 0 bridgehead atoms. The van der Waals surface area contributed by atoms with Crippen molar-refractivity contribution in [3.63, 3.8) is 0 Å². The van der Waals surface area contributed by atoms with Crippen LogP contribution in [0.5, 0.6) is 0 Å². The number of para-hydroxylation sites is 1. The van der Waals surface area contributed by atoms with Crippen LogP contribution < -0.4 is 9.62 Å². The van der Waals surface area contributed by atoms with Crippen LogP contribution in [0.2, 0.25) is 0 Å². The van der Waals surface area contributed by atoms with Crippen LogP contribution >= 0.6 is 0 Å². The van der Waals surface area contributed by atoms with E-state index in [1.54, 1.807) is 6.07 Å². The summed E-state index contributed by atoms with van der Waals surface area (Å²) in [7, 11) is -3.66. The lowest BCUT2D eigenvalue weighted by atomic mass is 10.1. The Balaban J connectivity index is 1.97. The lowest BCUT2D eigenvalue weighted by molar-refractivity contribution is -0.120. The minimum atomic E-state index is -3.66. The number of hydrogen-bond acceptors (Lipinski definition) is 3. The lowest BCUT2D eigenvalue weighted by Crippen LogP contribution is -2.39. The molecular formula is C17H19FN2O3S. The second-order valence-electron chi connectivity index (χ2n) is 5.30. The topological polar surface area (TPSA) is 66.5 Å². The number of amides is 1. The van der Waals surface area contributed by atoms with Crippen molar-refractivity contribution in [3.05, 3.63) is 66.0 Å². The molecule has 0 aliphatic heterocycles. The molecule has 128 valence electrons. The number of benzene rings is 2. The summed E-state index contributed by atoms with van der Waals surface area (Å²) >= 11 is 0. The molecule has 7 heteroatoms. The van der Waals surface area contributed by atoms with Gasteiger partial charge < -0.3 is 5.32 Å². The molecular weight excluding hydrogens is 331 g/mol. The van der Waals surface area contributed by atoms with Gasteiger partial charge in [-0.1, -0.05) is 42.5 Å². The van der Waals surface area contributed by atoms with Crippen LogP contribution in [0.1, 0.15) is 5.56 Å². The summed E-state index contributed by atoms with van der Waals surface area (Å²) in [6, 6.07) is 14.8. The molecule has 0 aliphatic carbocycles. The highest BCUT2D eigenvalue weighted by atomic mass is 32.2. The first kappa shape index (κ1) is 17.9. The van der Waals surface area contributed by atoms with Crippen LogP contribution in [-0.2, 0) is 21.2 Å². The fraction of sp³-hybridized carbons (Fsp3) is 0.235. The first-order valence-corrected chi connectivity index (χ1v) is 9.25. The first-order chi connectivity index (χ1) is 11.4. The van der Waals surface area contributed by atoms with E-state index in [0.717, 1.165) is 16.1 Å². The molecule has 1 amide bonds. The van der Waals surface area contributed by atoms with Gasteiger partial charge in [-0.15, -0.1) is 0 Å². The molecule has 0 saturated heterocycles. The van der Waals surface area contributed by atoms with Gasteiger partial charge in [-0.25, -0.2) is 12.8 Å². The van der Waals surface area contributed by atoms with Gasteiger partial charge in [0.05, 0.1) is 24.9 Å². The maximum absolute atomic E-state index is 13.8. The van der Waals surface area contributed by atoms with Crippen molar-refractivity contribution in [3.8, 4) is 0 Å². The summed E-state index contributed by atoms with van der Waals surface area (Å²) in [5.41, 5.74) is 0.835. The fourth-order valence-electron chi connectivity index (χ4n) is 2.26. The molecule has 1 N–H and O–H groups in total. The molecule has 0 aromatic heterocycles. The second-order valence-corrected chi connectivity index (χ2v) is 7.21. The number of halogens is 1. The van der Waals surface area contributed by atoms with E-state index < -0.39 is 15.8 Å². The highest BCUT2D eigenvalue weighted by Gasteiger charge is 2.20. The van der Waals surface area contributed by atoms with E-state index in [-0.39, 0.29) is 31.1 Å². The third-order valence-corrected chi connectivity index (χ3v) is 4.55. The van der Waals surface area contributed by atoms with Gasteiger partial charge in [0.2, 0.25) is 15.9 Å². The molecule has 0 radical (unpaired) electrons. The number of rotatable bonds is 7. The number of sulfonamides is 1. The molecule has 0 fully saturated rings. The van der Waals surface area contributed by atoms with Gasteiger partial charge in [-0.05, 0) is 17.7 Å². The molecule has 2 aromatic carbocycles. The zero-order chi connectivity index (χ0) is 17.6. The van der Waals surface area contributed by atoms with Crippen LogP contribution in [0.3, 0.4) is 0 Å². The quantitative estimate of drug-likeness (QED) is 0.830. The largest absolute Gasteiger partial charge is 0.354 e. The lowest BCUT2D eigenvalue weighted by Gasteiger charge is -2.23. The van der Waals surface area contributed by atoms with Gasteiger partial charge in [0.25, 0.3) is 0 Å². The van der Waals surface area contributed by atoms with Gasteiger partial charge in [-0.3, -0.25) is 9.10 Å². The van der Waals surface area contributed by atoms with Gasteiger partial charge in [0.15, 0.2) is 0 Å². The molecule has 5 nitrogen and oxygen atoms in total. The molecule has 0 unspecified atom stereocenters. The Kier molecular flexibility index (Phi) is 5.92. The number of carbonyl (C=O) groups is 1. The molecule has 0 aliphatic rings. The molecule has 0 atom stereocenters. The first-order valence-electron chi connectivity index (χ1n) is 7.41. The Labute approximate surface area is 141 Å². The monoisotopic (exact) mass is 350 g/mol. The maximum atomic E-state index is 13.8. The summed E-state index contributed by atoms with van der Waals surface area (Å²) in [6.07, 6.45) is 1.21. The Morgan fingerprint density at radius 2 is 1.71 bits per heavy atom. The van der Waals surface area contributed by atoms with E-state index in [0.29, 0.717) is 0 Å². The van der Waals surface area contributed by atoms with E-state index >= 15 is 0 Å². The van der Waals surface area contributed by atoms with E-state index in [2.05, 4.69) is 5.32 Å². The average Bonchev–Trinajstić information content (AvgIpc) is 2.52. The van der Waals surface area contributed by atoms with E-state index in [4.69, 9.17) is 0 Å². The Morgan fingerprint density at radius 3 is 2.33 bits per heavy atom. The predicted molar refractivity (Wildman–Crippen MR) is 91.7 cm³/mol. The Bertz CT molecular complexity index is 794. The molecule has 0 heterocycles. The number of nitrogens with one attached hydrogen (secondary N) is 1. The number of carbonyl (C=O) groups excluding carboxylic acids is 1. The van der Waals surface area contributed by atoms with Gasteiger partial charge in [0.1, 0.15) is 5.82 Å². The van der Waals surface area contributed by atoms with Gasteiger partial charge >= 0.3 is 0 Å². The molecule has 2 aromatic rings. The van der Waals surface area contributed by atoms with Gasteiger partial charge in [-0.2, -0.15) is 0 Å². The minimum absolute atomic E-state index is 0.0303. The summed E-state index contributed by atoms with van der Waals surface area (Å²) < 4.78 is 38.6. The molecule has 0 saturated carbocycles. The number of anilines is 1. The average molecular weight is 350 g/mol. The van der Waals surface area contributed by atoms with Crippen molar-refractivity contribution in [2.75, 3.05) is 23.7 Å². The maximum Gasteiger partial charge on any atom is 0.232 e. The van der Waals surface area contributed by atoms with Gasteiger partial charge in [0, 0.05) is 6.54 Å². The van der Waals surface area contributed by atoms with Crippen LogP contribution in [0.4, 0.5) is 10.1 Å². The normalized spacial score (nSPS) is 11.1. The smallest absolute Gasteiger partial charge is 0.232 e. The van der Waals surface area contributed by atoms with Crippen LogP contribution in [0, 0.1) is 5.82 Å². The third-order valence-electron chi connectivity index (χ3n) is 3.37. The summed E-state index contributed by atoms with van der Waals surface area (Å²) in [4.78, 5) is 11.9. The fourth-order valence-corrected chi connectivity index (χ4v) is 3.19. The zero-order valence-electron chi connectivity index (χ0n) is 13.3. The highest BCUT2D eigenvalue weighted by molar-refractivity contribution is 7.92. The predicted octanol–water partition coefficient (Wildman–Crippen LogP) is 1.95. The van der Waals surface area contributed by atoms with Crippen molar-refractivity contribution in [2.24, 2.45) is 0 Å². The number of nitrogens with zero attached hydrogens (tertiary/aromatic N) is 1. The van der Waals surface area contributed by atoms with Crippen molar-refractivity contribution in [1.82, 2.24) is 5.32 Å². The molecule has 24 heavy (non-hydrogen) atoms. The minimum Gasteiger partial charge on any atom is -0.354 e. The van der Waals surface area contributed by atoms with E-state index in [1.807, 2.05) is 30.3 Å². The summed E-state index contributed by atoms with van der Waals surface area (Å²) in [5.74, 6) is -0.846. The van der Waals surface area contributed by atoms with Crippen molar-refractivity contribution in [2.45, 2.75) is 6.42 Å². The zero-order valence-corrected chi connectivity index (χ0v) is 14.1. The van der Waals surface area contributed by atoms with E-state index in [1.165, 1.54) is 18.2 Å². The second kappa shape index (κ2) is 7.92. The summed E-state index contributed by atoms with van der Waals surface area (Å²) in [6.45, 7) is 0.0490. The summed E-state index contributed by atoms with van der Waals surface area (Å²) in [5, 5.41) is 2.66. The van der Waals surface area contributed by atoms with E-state index in [9.17, 15) is 17.6 Å². The van der Waals surface area contributed by atoms with Crippen LogP contribution in [0.15, 0.2) is 54.6 Å². The molecule has 2 rings (SSSR count). The van der Waals surface area contributed by atoms with Crippen LogP contribution in [0.25, 0.3) is 0 Å². The van der Waals surface area contributed by atoms with Crippen LogP contribution in [-0.4, -0.2) is 33.7 Å². The number of hydrogen-bond donors (Lipinski definition) is 1. The highest BCUT2D eigenvalue weighted by Crippen LogP contribution is 2.20. The Morgan fingerprint density at radius 1 is 1.08 bits per heavy atom. The Hall–Kier alpha value is -2.41. The SMILES string of the molecule is CS(=O)(=O)N(CCNC(=O)Cc1ccccc1)c1ccccc1F. The van der Waals surface area contributed by atoms with Crippen molar-refractivity contribution >= 4 is 21.6 Å². The molecule has 0 spiro atoms. The third kappa shape index (κ3) is 5.06. The van der Waals surface area contributed by atoms with Crippen molar-refractivity contribution in [1.29, 1.82) is 0 Å².